The Hall–Kier alpha value is -1.13. The molecule has 3 nitrogen and oxygen atoms in total. The number of rotatable bonds is 6. The average Bonchev–Trinajstić information content (AvgIpc) is 2.93. The van der Waals surface area contributed by atoms with Crippen molar-refractivity contribution in [2.45, 2.75) is 25.3 Å². The third-order valence-corrected chi connectivity index (χ3v) is 4.48. The second-order valence-electron chi connectivity index (χ2n) is 4.72. The van der Waals surface area contributed by atoms with E-state index in [1.165, 1.54) is 18.5 Å². The van der Waals surface area contributed by atoms with Crippen LogP contribution in [0.5, 0.6) is 0 Å². The van der Waals surface area contributed by atoms with Crippen LogP contribution >= 0.6 is 23.2 Å². The standard InChI is InChI=1S/C14H16Cl2FN3/c1-2-20-13(18-10-19-20)7-14(8-15,9-16)11-3-5-12(17)6-4-11/h3-6,10H,2,7-9H2,1H3. The Balaban J connectivity index is 2.36. The van der Waals surface area contributed by atoms with Gasteiger partial charge < -0.3 is 0 Å². The molecule has 0 amide bonds. The lowest BCUT2D eigenvalue weighted by Gasteiger charge is -2.29. The van der Waals surface area contributed by atoms with Gasteiger partial charge in [0.2, 0.25) is 0 Å². The number of benzene rings is 1. The number of nitrogens with zero attached hydrogens (tertiary/aromatic N) is 3. The summed E-state index contributed by atoms with van der Waals surface area (Å²) in [5, 5.41) is 4.15. The van der Waals surface area contributed by atoms with Gasteiger partial charge in [-0.1, -0.05) is 12.1 Å². The van der Waals surface area contributed by atoms with Gasteiger partial charge in [0.1, 0.15) is 18.0 Å². The van der Waals surface area contributed by atoms with Crippen LogP contribution in [0.4, 0.5) is 4.39 Å². The van der Waals surface area contributed by atoms with E-state index in [1.807, 2.05) is 11.6 Å². The maximum Gasteiger partial charge on any atom is 0.138 e. The van der Waals surface area contributed by atoms with E-state index < -0.39 is 5.41 Å². The van der Waals surface area contributed by atoms with Crippen LogP contribution in [0.2, 0.25) is 0 Å². The molecule has 0 aliphatic carbocycles. The van der Waals surface area contributed by atoms with Crippen molar-refractivity contribution in [2.75, 3.05) is 11.8 Å². The molecule has 1 heterocycles. The normalized spacial score (nSPS) is 11.8. The van der Waals surface area contributed by atoms with Crippen molar-refractivity contribution >= 4 is 23.2 Å². The van der Waals surface area contributed by atoms with E-state index in [0.717, 1.165) is 17.9 Å². The monoisotopic (exact) mass is 315 g/mol. The summed E-state index contributed by atoms with van der Waals surface area (Å²) in [6.07, 6.45) is 2.09. The zero-order valence-corrected chi connectivity index (χ0v) is 12.7. The van der Waals surface area contributed by atoms with Gasteiger partial charge in [0, 0.05) is 30.1 Å². The highest BCUT2D eigenvalue weighted by molar-refractivity contribution is 6.22. The first-order valence-corrected chi connectivity index (χ1v) is 7.47. The highest BCUT2D eigenvalue weighted by Gasteiger charge is 2.32. The summed E-state index contributed by atoms with van der Waals surface area (Å²) in [5.41, 5.74) is 0.436. The molecule has 6 heteroatoms. The third-order valence-electron chi connectivity index (χ3n) is 3.46. The van der Waals surface area contributed by atoms with Crippen molar-refractivity contribution in [2.24, 2.45) is 0 Å². The molecule has 1 aromatic carbocycles. The van der Waals surface area contributed by atoms with Crippen molar-refractivity contribution in [3.63, 3.8) is 0 Å². The van der Waals surface area contributed by atoms with E-state index in [0.29, 0.717) is 18.2 Å². The van der Waals surface area contributed by atoms with Crippen LogP contribution in [0.3, 0.4) is 0 Å². The fraction of sp³-hybridized carbons (Fsp3) is 0.429. The average molecular weight is 316 g/mol. The Morgan fingerprint density at radius 1 is 1.20 bits per heavy atom. The predicted molar refractivity (Wildman–Crippen MR) is 78.9 cm³/mol. The summed E-state index contributed by atoms with van der Waals surface area (Å²) < 4.78 is 14.9. The summed E-state index contributed by atoms with van der Waals surface area (Å²) >= 11 is 12.4. The summed E-state index contributed by atoms with van der Waals surface area (Å²) in [6, 6.07) is 6.31. The molecular formula is C14H16Cl2FN3. The van der Waals surface area contributed by atoms with E-state index in [-0.39, 0.29) is 5.82 Å². The van der Waals surface area contributed by atoms with Crippen LogP contribution < -0.4 is 0 Å². The van der Waals surface area contributed by atoms with Gasteiger partial charge in [0.05, 0.1) is 0 Å². The fourth-order valence-electron chi connectivity index (χ4n) is 2.18. The van der Waals surface area contributed by atoms with Gasteiger partial charge in [-0.3, -0.25) is 4.68 Å². The van der Waals surface area contributed by atoms with Gasteiger partial charge in [0.15, 0.2) is 0 Å². The molecule has 0 radical (unpaired) electrons. The minimum atomic E-state index is -0.475. The van der Waals surface area contributed by atoms with Crippen LogP contribution in [0.1, 0.15) is 18.3 Å². The van der Waals surface area contributed by atoms with Crippen molar-refractivity contribution in [1.29, 1.82) is 0 Å². The maximum atomic E-state index is 13.1. The van der Waals surface area contributed by atoms with E-state index in [2.05, 4.69) is 10.1 Å². The van der Waals surface area contributed by atoms with Gasteiger partial charge in [-0.25, -0.2) is 9.37 Å². The Morgan fingerprint density at radius 3 is 2.40 bits per heavy atom. The lowest BCUT2D eigenvalue weighted by molar-refractivity contribution is 0.489. The second-order valence-corrected chi connectivity index (χ2v) is 5.26. The molecule has 0 spiro atoms. The van der Waals surface area contributed by atoms with E-state index >= 15 is 0 Å². The Morgan fingerprint density at radius 2 is 1.85 bits per heavy atom. The van der Waals surface area contributed by atoms with E-state index in [4.69, 9.17) is 23.2 Å². The van der Waals surface area contributed by atoms with Crippen LogP contribution in [0.25, 0.3) is 0 Å². The topological polar surface area (TPSA) is 30.7 Å². The molecule has 1 aromatic heterocycles. The molecule has 0 aliphatic rings. The lowest BCUT2D eigenvalue weighted by Crippen LogP contribution is -2.34. The van der Waals surface area contributed by atoms with Gasteiger partial charge in [-0.2, -0.15) is 5.10 Å². The van der Waals surface area contributed by atoms with E-state index in [1.54, 1.807) is 12.1 Å². The van der Waals surface area contributed by atoms with Gasteiger partial charge in [-0.05, 0) is 24.6 Å². The zero-order chi connectivity index (χ0) is 14.6. The SMILES string of the molecule is CCn1ncnc1CC(CCl)(CCl)c1ccc(F)cc1. The second kappa shape index (κ2) is 6.55. The first kappa shape index (κ1) is 15.3. The summed E-state index contributed by atoms with van der Waals surface area (Å²) in [4.78, 5) is 4.27. The van der Waals surface area contributed by atoms with Gasteiger partial charge in [-0.15, -0.1) is 23.2 Å². The highest BCUT2D eigenvalue weighted by atomic mass is 35.5. The predicted octanol–water partition coefficient (Wildman–Crippen LogP) is 3.40. The quantitative estimate of drug-likeness (QED) is 0.765. The molecule has 0 saturated carbocycles. The molecule has 20 heavy (non-hydrogen) atoms. The molecule has 108 valence electrons. The molecule has 0 N–H and O–H groups in total. The summed E-state index contributed by atoms with van der Waals surface area (Å²) in [5.74, 6) is 1.22. The molecule has 2 rings (SSSR count). The van der Waals surface area contributed by atoms with Gasteiger partial charge >= 0.3 is 0 Å². The number of aryl methyl sites for hydroxylation is 1. The third kappa shape index (κ3) is 2.96. The number of hydrogen-bond donors (Lipinski definition) is 0. The number of alkyl halides is 2. The van der Waals surface area contributed by atoms with Crippen molar-refractivity contribution < 1.29 is 4.39 Å². The maximum absolute atomic E-state index is 13.1. The van der Waals surface area contributed by atoms with Crippen LogP contribution in [-0.2, 0) is 18.4 Å². The molecule has 0 saturated heterocycles. The molecule has 0 fully saturated rings. The number of aromatic nitrogens is 3. The first-order chi connectivity index (χ1) is 9.65. The fourth-order valence-corrected chi connectivity index (χ4v) is 2.97. The smallest absolute Gasteiger partial charge is 0.138 e. The summed E-state index contributed by atoms with van der Waals surface area (Å²) in [6.45, 7) is 2.73. The Labute approximate surface area is 127 Å². The Bertz CT molecular complexity index is 550. The molecule has 0 aliphatic heterocycles. The molecule has 2 aromatic rings. The molecule has 0 bridgehead atoms. The van der Waals surface area contributed by atoms with E-state index in [9.17, 15) is 4.39 Å². The highest BCUT2D eigenvalue weighted by Crippen LogP contribution is 2.31. The Kier molecular flexibility index (Phi) is 5.00. The van der Waals surface area contributed by atoms with Crippen molar-refractivity contribution in [3.8, 4) is 0 Å². The molecule has 0 atom stereocenters. The number of hydrogen-bond acceptors (Lipinski definition) is 2. The van der Waals surface area contributed by atoms with Crippen LogP contribution in [0, 0.1) is 5.82 Å². The largest absolute Gasteiger partial charge is 0.250 e. The first-order valence-electron chi connectivity index (χ1n) is 6.40. The van der Waals surface area contributed by atoms with Crippen molar-refractivity contribution in [1.82, 2.24) is 14.8 Å². The van der Waals surface area contributed by atoms with Crippen LogP contribution in [0.15, 0.2) is 30.6 Å². The van der Waals surface area contributed by atoms with Crippen molar-refractivity contribution in [3.05, 3.63) is 47.8 Å². The van der Waals surface area contributed by atoms with Gasteiger partial charge in [0.25, 0.3) is 0 Å². The summed E-state index contributed by atoms with van der Waals surface area (Å²) in [7, 11) is 0. The minimum absolute atomic E-state index is 0.275. The number of halogens is 3. The minimum Gasteiger partial charge on any atom is -0.250 e. The molecular weight excluding hydrogens is 300 g/mol. The van der Waals surface area contributed by atoms with Crippen LogP contribution in [-0.4, -0.2) is 26.5 Å². The zero-order valence-electron chi connectivity index (χ0n) is 11.2. The lowest BCUT2D eigenvalue weighted by atomic mass is 9.81. The molecule has 0 unspecified atom stereocenters.